The van der Waals surface area contributed by atoms with Gasteiger partial charge in [-0.15, -0.1) is 0 Å². The van der Waals surface area contributed by atoms with Gasteiger partial charge >= 0.3 is 12.1 Å². The molecule has 2 aliphatic rings. The minimum absolute atomic E-state index is 0.0537. The van der Waals surface area contributed by atoms with E-state index in [0.717, 1.165) is 25.0 Å². The zero-order valence-electron chi connectivity index (χ0n) is 24.7. The third-order valence-electron chi connectivity index (χ3n) is 7.77. The van der Waals surface area contributed by atoms with Crippen molar-refractivity contribution in [3.05, 3.63) is 35.3 Å². The van der Waals surface area contributed by atoms with Crippen molar-refractivity contribution in [2.75, 3.05) is 63.5 Å². The molecular formula is C29H36F4N4O7. The fourth-order valence-electron chi connectivity index (χ4n) is 5.42. The number of carboxylic acid groups (broad SMARTS) is 1. The quantitative estimate of drug-likeness (QED) is 0.348. The van der Waals surface area contributed by atoms with Gasteiger partial charge in [0.2, 0.25) is 17.7 Å². The molecule has 1 aromatic carbocycles. The molecule has 4 rings (SSSR count). The number of amides is 1. The Balaban J connectivity index is 1.78. The topological polar surface area (TPSA) is 124 Å². The number of carboxylic acids is 1. The molecule has 44 heavy (non-hydrogen) atoms. The molecule has 1 aliphatic heterocycles. The second-order valence-corrected chi connectivity index (χ2v) is 10.9. The zero-order chi connectivity index (χ0) is 32.0. The molecule has 1 saturated heterocycles. The Hall–Kier alpha value is -3.56. The van der Waals surface area contributed by atoms with Crippen molar-refractivity contribution in [1.29, 1.82) is 0 Å². The molecule has 2 fully saturated rings. The third-order valence-corrected chi connectivity index (χ3v) is 7.77. The number of benzene rings is 1. The molecule has 0 radical (unpaired) electrons. The molecule has 1 saturated carbocycles. The number of ether oxygens (including phenoxy) is 4. The van der Waals surface area contributed by atoms with Crippen LogP contribution in [0.1, 0.15) is 48.5 Å². The number of alkyl halides is 3. The maximum absolute atomic E-state index is 15.7. The summed E-state index contributed by atoms with van der Waals surface area (Å²) in [5.74, 6) is -5.11. The molecule has 1 aliphatic carbocycles. The number of morpholine rings is 1. The van der Waals surface area contributed by atoms with Gasteiger partial charge in [0.15, 0.2) is 11.6 Å². The molecule has 0 spiro atoms. The van der Waals surface area contributed by atoms with E-state index in [9.17, 15) is 27.9 Å². The highest BCUT2D eigenvalue weighted by atomic mass is 19.4. The van der Waals surface area contributed by atoms with Gasteiger partial charge in [-0.1, -0.05) is 6.92 Å². The van der Waals surface area contributed by atoms with Gasteiger partial charge in [0.05, 0.1) is 43.7 Å². The smallest absolute Gasteiger partial charge is 0.423 e. The molecular weight excluding hydrogens is 592 g/mol. The van der Waals surface area contributed by atoms with Crippen LogP contribution in [0.4, 0.5) is 29.2 Å². The molecule has 1 N–H and O–H groups in total. The monoisotopic (exact) mass is 628 g/mol. The molecule has 0 unspecified atom stereocenters. The molecule has 2 aromatic rings. The lowest BCUT2D eigenvalue weighted by Gasteiger charge is -2.36. The van der Waals surface area contributed by atoms with Gasteiger partial charge in [-0.2, -0.15) is 18.2 Å². The predicted octanol–water partition coefficient (Wildman–Crippen LogP) is 4.78. The largest absolute Gasteiger partial charge is 0.478 e. The van der Waals surface area contributed by atoms with E-state index in [0.29, 0.717) is 51.3 Å². The lowest BCUT2D eigenvalue weighted by molar-refractivity contribution is -0.139. The van der Waals surface area contributed by atoms with Crippen LogP contribution >= 0.6 is 0 Å². The van der Waals surface area contributed by atoms with Gasteiger partial charge in [0.25, 0.3) is 0 Å². The van der Waals surface area contributed by atoms with Crippen LogP contribution in [0, 0.1) is 17.7 Å². The first-order valence-electron chi connectivity index (χ1n) is 14.3. The first-order chi connectivity index (χ1) is 20.9. The maximum Gasteiger partial charge on any atom is 0.423 e. The first-order valence-corrected chi connectivity index (χ1v) is 14.3. The summed E-state index contributed by atoms with van der Waals surface area (Å²) in [6, 6.07) is 0.706. The predicted molar refractivity (Wildman–Crippen MR) is 150 cm³/mol. The molecule has 242 valence electrons. The van der Waals surface area contributed by atoms with Gasteiger partial charge in [0.1, 0.15) is 5.56 Å². The fraction of sp³-hybridized carbons (Fsp3) is 0.586. The summed E-state index contributed by atoms with van der Waals surface area (Å²) >= 11 is 0. The SMILES string of the molecule is COCC(COC)N(c1cc(F)c(Oc2nc(N3CCOCC3)ncc2C(F)(F)F)cc1C(=O)O)C(=O)[C@H]1CC[C@H](C)CC1. The molecule has 0 atom stereocenters. The van der Waals surface area contributed by atoms with E-state index in [2.05, 4.69) is 16.9 Å². The summed E-state index contributed by atoms with van der Waals surface area (Å²) in [6.45, 7) is 3.21. The summed E-state index contributed by atoms with van der Waals surface area (Å²) < 4.78 is 78.5. The maximum atomic E-state index is 15.7. The van der Waals surface area contributed by atoms with Crippen molar-refractivity contribution < 1.29 is 51.2 Å². The van der Waals surface area contributed by atoms with Crippen LogP contribution in [0.5, 0.6) is 11.6 Å². The molecule has 1 amide bonds. The molecule has 1 aromatic heterocycles. The number of methoxy groups -OCH3 is 2. The summed E-state index contributed by atoms with van der Waals surface area (Å²) in [6.07, 6.45) is -1.71. The highest BCUT2D eigenvalue weighted by Crippen LogP contribution is 2.40. The molecule has 2 heterocycles. The Morgan fingerprint density at radius 3 is 2.32 bits per heavy atom. The van der Waals surface area contributed by atoms with Crippen LogP contribution in [0.2, 0.25) is 0 Å². The third kappa shape index (κ3) is 7.74. The number of aromatic nitrogens is 2. The van der Waals surface area contributed by atoms with Crippen molar-refractivity contribution in [3.63, 3.8) is 0 Å². The Morgan fingerprint density at radius 1 is 1.11 bits per heavy atom. The number of hydrogen-bond donors (Lipinski definition) is 1. The van der Waals surface area contributed by atoms with E-state index in [1.807, 2.05) is 0 Å². The minimum Gasteiger partial charge on any atom is -0.478 e. The average Bonchev–Trinajstić information content (AvgIpc) is 2.98. The average molecular weight is 629 g/mol. The fourth-order valence-corrected chi connectivity index (χ4v) is 5.42. The van der Waals surface area contributed by atoms with Crippen LogP contribution in [0.15, 0.2) is 18.3 Å². The first kappa shape index (κ1) is 33.3. The van der Waals surface area contributed by atoms with Crippen LogP contribution in [-0.4, -0.2) is 86.7 Å². The van der Waals surface area contributed by atoms with Crippen molar-refractivity contribution in [2.24, 2.45) is 11.8 Å². The summed E-state index contributed by atoms with van der Waals surface area (Å²) in [7, 11) is 2.79. The molecule has 15 heteroatoms. The van der Waals surface area contributed by atoms with E-state index in [1.165, 1.54) is 19.1 Å². The number of hydrogen-bond acceptors (Lipinski definition) is 9. The van der Waals surface area contributed by atoms with Crippen LogP contribution < -0.4 is 14.5 Å². The lowest BCUT2D eigenvalue weighted by atomic mass is 9.82. The second kappa shape index (κ2) is 14.5. The lowest BCUT2D eigenvalue weighted by Crippen LogP contribution is -2.49. The normalized spacial score (nSPS) is 19.2. The van der Waals surface area contributed by atoms with Crippen molar-refractivity contribution in [2.45, 2.75) is 44.8 Å². The van der Waals surface area contributed by atoms with E-state index in [1.54, 1.807) is 4.90 Å². The highest BCUT2D eigenvalue weighted by Gasteiger charge is 2.39. The summed E-state index contributed by atoms with van der Waals surface area (Å²) in [5, 5.41) is 10.2. The number of carbonyl (C=O) groups is 2. The van der Waals surface area contributed by atoms with Gasteiger partial charge < -0.3 is 33.9 Å². The Bertz CT molecular complexity index is 1310. The van der Waals surface area contributed by atoms with Crippen LogP contribution in [0.3, 0.4) is 0 Å². The van der Waals surface area contributed by atoms with Crippen LogP contribution in [-0.2, 0) is 25.2 Å². The zero-order valence-corrected chi connectivity index (χ0v) is 24.7. The minimum atomic E-state index is -4.96. The van der Waals surface area contributed by atoms with Gasteiger partial charge in [-0.25, -0.2) is 14.2 Å². The van der Waals surface area contributed by atoms with Crippen LogP contribution in [0.25, 0.3) is 0 Å². The van der Waals surface area contributed by atoms with Gasteiger partial charge in [-0.05, 0) is 31.6 Å². The Labute approximate surface area is 252 Å². The number of carbonyl (C=O) groups excluding carboxylic acids is 1. The number of halogens is 4. The summed E-state index contributed by atoms with van der Waals surface area (Å²) in [4.78, 5) is 36.9. The molecule has 0 bridgehead atoms. The van der Waals surface area contributed by atoms with Crippen molar-refractivity contribution in [1.82, 2.24) is 9.97 Å². The number of rotatable bonds is 11. The van der Waals surface area contributed by atoms with Gasteiger partial charge in [-0.3, -0.25) is 4.79 Å². The van der Waals surface area contributed by atoms with E-state index >= 15 is 4.39 Å². The van der Waals surface area contributed by atoms with Gasteiger partial charge in [0, 0.05) is 51.6 Å². The van der Waals surface area contributed by atoms with E-state index < -0.39 is 58.6 Å². The number of anilines is 2. The Morgan fingerprint density at radius 2 is 1.75 bits per heavy atom. The second-order valence-electron chi connectivity index (χ2n) is 10.9. The standard InChI is InChI=1S/C29H36F4N4O7/c1-17-4-6-18(7-5-17)26(38)37(19(15-41-2)16-42-3)23-13-22(30)24(12-20(23)27(39)40)44-25-21(29(31,32)33)14-34-28(35-25)36-8-10-43-11-9-36/h12-14,17-19H,4-11,15-16H2,1-3H3,(H,39,40)/t17-,18-. The number of nitrogens with zero attached hydrogens (tertiary/aromatic N) is 4. The van der Waals surface area contributed by atoms with Crippen molar-refractivity contribution in [3.8, 4) is 11.6 Å². The van der Waals surface area contributed by atoms with E-state index in [4.69, 9.17) is 18.9 Å². The van der Waals surface area contributed by atoms with E-state index in [-0.39, 0.29) is 24.8 Å². The number of aromatic carboxylic acids is 1. The summed E-state index contributed by atoms with van der Waals surface area (Å²) in [5.41, 5.74) is -2.23. The highest BCUT2D eigenvalue weighted by molar-refractivity contribution is 6.03. The molecule has 11 nitrogen and oxygen atoms in total. The van der Waals surface area contributed by atoms with Crippen molar-refractivity contribution >= 4 is 23.5 Å². The Kier molecular flexibility index (Phi) is 11.0.